The Morgan fingerprint density at radius 2 is 1.73 bits per heavy atom. The number of halogens is 1. The third-order valence-corrected chi connectivity index (χ3v) is 5.18. The first-order chi connectivity index (χ1) is 19.1. The van der Waals surface area contributed by atoms with Crippen molar-refractivity contribution in [2.75, 3.05) is 26.8 Å². The van der Waals surface area contributed by atoms with Crippen LogP contribution in [0.2, 0.25) is 0 Å². The lowest BCUT2D eigenvalue weighted by Crippen LogP contribution is -2.35. The number of carbonyl (C=O) groups excluding carboxylic acids is 2. The Balaban J connectivity index is 0. The van der Waals surface area contributed by atoms with E-state index >= 15 is 0 Å². The second-order valence-electron chi connectivity index (χ2n) is 9.07. The molecule has 6 nitrogen and oxygen atoms in total. The molecule has 7 heteroatoms. The SMILES string of the molecule is C=C(/C=C\C(=C/CC)OC)C/C(C=O)=C/N(CC(=O)NCC)C(=C(/C=C\C)OCCCC)/C(C)=C(\C)F.CCC. The van der Waals surface area contributed by atoms with Crippen molar-refractivity contribution in [3.8, 4) is 0 Å². The number of nitrogens with one attached hydrogen (secondary N) is 1. The van der Waals surface area contributed by atoms with E-state index in [2.05, 4.69) is 32.7 Å². The molecule has 0 aliphatic heterocycles. The van der Waals surface area contributed by atoms with Crippen LogP contribution >= 0.6 is 0 Å². The monoisotopic (exact) mass is 560 g/mol. The normalized spacial score (nSPS) is 13.2. The van der Waals surface area contributed by atoms with Crippen LogP contribution < -0.4 is 5.32 Å². The van der Waals surface area contributed by atoms with Crippen LogP contribution in [-0.4, -0.2) is 43.9 Å². The highest BCUT2D eigenvalue weighted by molar-refractivity contribution is 5.79. The van der Waals surface area contributed by atoms with E-state index < -0.39 is 5.83 Å². The highest BCUT2D eigenvalue weighted by atomic mass is 19.1. The molecule has 0 bridgehead atoms. The van der Waals surface area contributed by atoms with Gasteiger partial charge >= 0.3 is 0 Å². The van der Waals surface area contributed by atoms with E-state index in [0.29, 0.717) is 47.1 Å². The molecular weight excluding hydrogens is 507 g/mol. The molecule has 0 aromatic heterocycles. The van der Waals surface area contributed by atoms with Gasteiger partial charge in [0, 0.05) is 30.3 Å². The Hall–Kier alpha value is -3.35. The topological polar surface area (TPSA) is 67.9 Å². The van der Waals surface area contributed by atoms with Gasteiger partial charge in [0.15, 0.2) is 0 Å². The number of methoxy groups -OCH3 is 1. The predicted molar refractivity (Wildman–Crippen MR) is 166 cm³/mol. The number of hydrogen-bond donors (Lipinski definition) is 1. The Kier molecular flexibility index (Phi) is 23.9. The summed E-state index contributed by atoms with van der Waals surface area (Å²) in [5, 5.41) is 2.77. The number of ether oxygens (including phenoxy) is 2. The Labute approximate surface area is 243 Å². The fourth-order valence-corrected chi connectivity index (χ4v) is 3.23. The molecule has 0 saturated carbocycles. The molecule has 40 heavy (non-hydrogen) atoms. The van der Waals surface area contributed by atoms with E-state index in [9.17, 15) is 14.0 Å². The van der Waals surface area contributed by atoms with Crippen molar-refractivity contribution >= 4 is 12.2 Å². The fraction of sp³-hybridized carbons (Fsp3) is 0.515. The van der Waals surface area contributed by atoms with Gasteiger partial charge in [-0.25, -0.2) is 4.39 Å². The van der Waals surface area contributed by atoms with E-state index in [1.54, 1.807) is 49.4 Å². The quantitative estimate of drug-likeness (QED) is 0.0601. The number of allylic oxidation sites excluding steroid dienone is 9. The molecule has 0 spiro atoms. The lowest BCUT2D eigenvalue weighted by molar-refractivity contribution is -0.121. The van der Waals surface area contributed by atoms with Crippen molar-refractivity contribution in [2.45, 2.75) is 87.5 Å². The van der Waals surface area contributed by atoms with Gasteiger partial charge in [0.25, 0.3) is 0 Å². The van der Waals surface area contributed by atoms with E-state index in [1.165, 1.54) is 13.3 Å². The number of carbonyl (C=O) groups is 2. The molecule has 0 unspecified atom stereocenters. The van der Waals surface area contributed by atoms with Crippen molar-refractivity contribution < 1.29 is 23.5 Å². The predicted octanol–water partition coefficient (Wildman–Crippen LogP) is 8.23. The molecule has 1 amide bonds. The van der Waals surface area contributed by atoms with E-state index in [1.807, 2.05) is 26.8 Å². The van der Waals surface area contributed by atoms with E-state index in [-0.39, 0.29) is 18.9 Å². The fourth-order valence-electron chi connectivity index (χ4n) is 3.23. The van der Waals surface area contributed by atoms with Gasteiger partial charge < -0.3 is 19.7 Å². The van der Waals surface area contributed by atoms with Gasteiger partial charge in [-0.1, -0.05) is 64.8 Å². The van der Waals surface area contributed by atoms with Gasteiger partial charge in [0.05, 0.1) is 19.4 Å². The van der Waals surface area contributed by atoms with E-state index in [0.717, 1.165) is 25.5 Å². The highest BCUT2D eigenvalue weighted by Crippen LogP contribution is 2.27. The molecule has 0 heterocycles. The van der Waals surface area contributed by atoms with Crippen molar-refractivity contribution in [3.05, 3.63) is 82.9 Å². The average Bonchev–Trinajstić information content (AvgIpc) is 2.91. The van der Waals surface area contributed by atoms with Crippen LogP contribution in [0.3, 0.4) is 0 Å². The molecule has 0 fully saturated rings. The van der Waals surface area contributed by atoms with Gasteiger partial charge in [0.2, 0.25) is 5.91 Å². The lowest BCUT2D eigenvalue weighted by Gasteiger charge is -2.27. The molecule has 0 atom stereocenters. The summed E-state index contributed by atoms with van der Waals surface area (Å²) in [6, 6.07) is 0. The van der Waals surface area contributed by atoms with Crippen LogP contribution in [0.5, 0.6) is 0 Å². The summed E-state index contributed by atoms with van der Waals surface area (Å²) in [5.74, 6) is 0.430. The first-order valence-electron chi connectivity index (χ1n) is 14.2. The average molecular weight is 561 g/mol. The summed E-state index contributed by atoms with van der Waals surface area (Å²) in [6.07, 6.45) is 15.4. The minimum Gasteiger partial charge on any atom is -0.497 e. The number of hydrogen-bond acceptors (Lipinski definition) is 5. The minimum atomic E-state index is -0.416. The second-order valence-corrected chi connectivity index (χ2v) is 9.07. The molecule has 0 aromatic carbocycles. The third-order valence-electron chi connectivity index (χ3n) is 5.18. The van der Waals surface area contributed by atoms with Gasteiger partial charge in [-0.05, 0) is 58.8 Å². The molecule has 0 aromatic rings. The smallest absolute Gasteiger partial charge is 0.239 e. The van der Waals surface area contributed by atoms with Crippen LogP contribution in [-0.2, 0) is 19.1 Å². The van der Waals surface area contributed by atoms with Gasteiger partial charge in [-0.2, -0.15) is 0 Å². The standard InChI is InChI=1S/C30H45FN2O4.C3H8/c1-9-13-18-37-28(15-11-3)30(24(6)25(7)31)33(21-29(35)32-12-4)20-26(22-34)19-23(5)16-17-27(36-8)14-10-2;1-3-2/h11,14-17,20,22H,5,9-10,12-13,18-19,21H2,1-4,6-8H3,(H,32,35);3H2,1-2H3/b15-11-,17-16-,25-24+,26-20-,27-14+,30-28-;. The maximum absolute atomic E-state index is 14.6. The largest absolute Gasteiger partial charge is 0.497 e. The Morgan fingerprint density at radius 3 is 2.20 bits per heavy atom. The van der Waals surface area contributed by atoms with Crippen molar-refractivity contribution in [1.29, 1.82) is 0 Å². The van der Waals surface area contributed by atoms with Crippen LogP contribution in [0, 0.1) is 0 Å². The first-order valence-corrected chi connectivity index (χ1v) is 14.2. The zero-order valence-corrected chi connectivity index (χ0v) is 26.4. The summed E-state index contributed by atoms with van der Waals surface area (Å²) in [7, 11) is 1.59. The number of unbranched alkanes of at least 4 members (excludes halogenated alkanes) is 1. The maximum Gasteiger partial charge on any atom is 0.239 e. The minimum absolute atomic E-state index is 0.126. The van der Waals surface area contributed by atoms with Crippen LogP contribution in [0.1, 0.15) is 87.5 Å². The van der Waals surface area contributed by atoms with Crippen LogP contribution in [0.15, 0.2) is 82.9 Å². The molecule has 0 rings (SSSR count). The van der Waals surface area contributed by atoms with Gasteiger partial charge in [0.1, 0.15) is 30.2 Å². The summed E-state index contributed by atoms with van der Waals surface area (Å²) in [4.78, 5) is 26.3. The molecule has 0 aliphatic rings. The molecular formula is C33H53FN2O4. The molecule has 0 aliphatic carbocycles. The number of nitrogens with zero attached hydrogens (tertiary/aromatic N) is 1. The van der Waals surface area contributed by atoms with Crippen molar-refractivity contribution in [3.63, 3.8) is 0 Å². The number of rotatable bonds is 18. The van der Waals surface area contributed by atoms with Crippen molar-refractivity contribution in [2.24, 2.45) is 0 Å². The summed E-state index contributed by atoms with van der Waals surface area (Å²) < 4.78 is 25.9. The molecule has 0 saturated heterocycles. The number of amides is 1. The second kappa shape index (κ2) is 24.7. The third kappa shape index (κ3) is 17.3. The maximum atomic E-state index is 14.6. The molecule has 0 radical (unpaired) electrons. The summed E-state index contributed by atoms with van der Waals surface area (Å²) in [6.45, 7) is 19.7. The van der Waals surface area contributed by atoms with Crippen molar-refractivity contribution in [1.82, 2.24) is 10.2 Å². The Bertz CT molecular complexity index is 951. The molecule has 226 valence electrons. The Morgan fingerprint density at radius 1 is 1.07 bits per heavy atom. The zero-order valence-electron chi connectivity index (χ0n) is 26.4. The van der Waals surface area contributed by atoms with Crippen LogP contribution in [0.4, 0.5) is 4.39 Å². The number of likely N-dealkylation sites (N-methyl/N-ethyl adjacent to an activating group) is 1. The summed E-state index contributed by atoms with van der Waals surface area (Å²) >= 11 is 0. The summed E-state index contributed by atoms with van der Waals surface area (Å²) in [5.41, 5.74) is 1.73. The van der Waals surface area contributed by atoms with Gasteiger partial charge in [-0.3, -0.25) is 9.59 Å². The highest BCUT2D eigenvalue weighted by Gasteiger charge is 2.21. The lowest BCUT2D eigenvalue weighted by atomic mass is 10.1. The first kappa shape index (κ1) is 38.8. The number of aldehydes is 1. The zero-order chi connectivity index (χ0) is 30.9. The molecule has 1 N–H and O–H groups in total. The van der Waals surface area contributed by atoms with E-state index in [4.69, 9.17) is 9.47 Å². The van der Waals surface area contributed by atoms with Gasteiger partial charge in [-0.15, -0.1) is 0 Å². The van der Waals surface area contributed by atoms with Crippen LogP contribution in [0.25, 0.3) is 0 Å².